The predicted molar refractivity (Wildman–Crippen MR) is 106 cm³/mol. The Kier molecular flexibility index (Phi) is 4.52. The van der Waals surface area contributed by atoms with Crippen LogP contribution < -0.4 is 0 Å². The van der Waals surface area contributed by atoms with Crippen LogP contribution in [-0.4, -0.2) is 38.0 Å². The molecule has 0 aromatic rings. The van der Waals surface area contributed by atoms with Gasteiger partial charge in [0, 0.05) is 24.7 Å². The van der Waals surface area contributed by atoms with E-state index in [1.165, 1.54) is 11.6 Å². The minimum atomic E-state index is -1.55. The maximum atomic E-state index is 13.6. The second kappa shape index (κ2) is 6.84. The summed E-state index contributed by atoms with van der Waals surface area (Å²) in [4.78, 5) is 0. The molecule has 6 rings (SSSR count). The fourth-order valence-corrected chi connectivity index (χ4v) is 8.40. The van der Waals surface area contributed by atoms with Crippen LogP contribution in [0.1, 0.15) is 51.9 Å². The van der Waals surface area contributed by atoms with Crippen LogP contribution in [0.3, 0.4) is 0 Å². The molecule has 2 heterocycles. The van der Waals surface area contributed by atoms with Crippen molar-refractivity contribution in [2.24, 2.45) is 35.0 Å². The van der Waals surface area contributed by atoms with Crippen LogP contribution >= 0.6 is 0 Å². The summed E-state index contributed by atoms with van der Waals surface area (Å²) in [6.45, 7) is 4.79. The van der Waals surface area contributed by atoms with Crippen molar-refractivity contribution < 1.29 is 27.7 Å². The molecule has 2 aliphatic heterocycles. The Balaban J connectivity index is 1.37. The lowest BCUT2D eigenvalue weighted by atomic mass is 9.49. The van der Waals surface area contributed by atoms with Gasteiger partial charge in [-0.25, -0.2) is 0 Å². The molecule has 0 radical (unpaired) electrons. The number of allylic oxidation sites excluding steroid dienone is 2. The third-order valence-corrected chi connectivity index (χ3v) is 9.45. The second-order valence-corrected chi connectivity index (χ2v) is 10.5. The van der Waals surface area contributed by atoms with Crippen molar-refractivity contribution in [3.05, 3.63) is 23.8 Å². The molecule has 4 aliphatic carbocycles. The van der Waals surface area contributed by atoms with E-state index >= 15 is 0 Å². The molecule has 166 valence electrons. The summed E-state index contributed by atoms with van der Waals surface area (Å²) in [7, 11) is 0. The van der Waals surface area contributed by atoms with Gasteiger partial charge in [0.15, 0.2) is 11.6 Å². The van der Waals surface area contributed by atoms with Crippen molar-refractivity contribution in [2.75, 3.05) is 26.4 Å². The molecular weight excluding hydrogens is 390 g/mol. The van der Waals surface area contributed by atoms with Gasteiger partial charge >= 0.3 is 0 Å². The molecule has 5 fully saturated rings. The maximum Gasteiger partial charge on any atom is 0.266 e. The first-order valence-electron chi connectivity index (χ1n) is 11.7. The van der Waals surface area contributed by atoms with Gasteiger partial charge in [-0.05, 0) is 61.3 Å². The SMILES string of the molecule is C[C@]12C[C@H](C=C(F)F)[C@H]3[C@@H](CC=C4CC5(CC[C@@H]43)OCCO5)[C@@H]1CCC21OCCO1. The van der Waals surface area contributed by atoms with Crippen molar-refractivity contribution in [1.82, 2.24) is 0 Å². The quantitative estimate of drug-likeness (QED) is 0.554. The summed E-state index contributed by atoms with van der Waals surface area (Å²) in [5.41, 5.74) is 1.17. The molecule has 0 bridgehead atoms. The second-order valence-electron chi connectivity index (χ2n) is 10.5. The van der Waals surface area contributed by atoms with Crippen molar-refractivity contribution in [3.8, 4) is 0 Å². The Morgan fingerprint density at radius 1 is 1.03 bits per heavy atom. The van der Waals surface area contributed by atoms with Crippen LogP contribution in [0, 0.1) is 35.0 Å². The third kappa shape index (κ3) is 2.69. The number of rotatable bonds is 1. The zero-order valence-corrected chi connectivity index (χ0v) is 17.7. The first-order valence-corrected chi connectivity index (χ1v) is 11.7. The van der Waals surface area contributed by atoms with Gasteiger partial charge in [0.25, 0.3) is 6.08 Å². The van der Waals surface area contributed by atoms with E-state index in [1.807, 2.05) is 0 Å². The van der Waals surface area contributed by atoms with Crippen LogP contribution in [0.2, 0.25) is 0 Å². The van der Waals surface area contributed by atoms with Gasteiger partial charge in [-0.3, -0.25) is 0 Å². The van der Waals surface area contributed by atoms with Gasteiger partial charge in [-0.1, -0.05) is 18.6 Å². The summed E-state index contributed by atoms with van der Waals surface area (Å²) in [5.74, 6) is 0.308. The third-order valence-electron chi connectivity index (χ3n) is 9.45. The Morgan fingerprint density at radius 3 is 2.50 bits per heavy atom. The van der Waals surface area contributed by atoms with Crippen LogP contribution in [0.15, 0.2) is 23.8 Å². The van der Waals surface area contributed by atoms with Crippen molar-refractivity contribution >= 4 is 0 Å². The normalized spacial score (nSPS) is 45.7. The van der Waals surface area contributed by atoms with Crippen LogP contribution in [-0.2, 0) is 18.9 Å². The fraction of sp³-hybridized carbons (Fsp3) is 0.833. The van der Waals surface area contributed by atoms with E-state index < -0.39 is 17.7 Å². The van der Waals surface area contributed by atoms with E-state index in [9.17, 15) is 8.78 Å². The van der Waals surface area contributed by atoms with Crippen LogP contribution in [0.5, 0.6) is 0 Å². The van der Waals surface area contributed by atoms with Gasteiger partial charge < -0.3 is 18.9 Å². The lowest BCUT2D eigenvalue weighted by Gasteiger charge is -2.58. The van der Waals surface area contributed by atoms with Gasteiger partial charge in [-0.15, -0.1) is 0 Å². The number of ether oxygens (including phenoxy) is 4. The van der Waals surface area contributed by atoms with Crippen molar-refractivity contribution in [1.29, 1.82) is 0 Å². The number of fused-ring (bicyclic) bond motifs is 6. The number of halogens is 2. The molecule has 4 nitrogen and oxygen atoms in total. The highest BCUT2D eigenvalue weighted by Crippen LogP contribution is 2.68. The van der Waals surface area contributed by atoms with E-state index in [1.54, 1.807) is 0 Å². The Labute approximate surface area is 177 Å². The first-order chi connectivity index (χ1) is 14.5. The van der Waals surface area contributed by atoms with Gasteiger partial charge in [0.2, 0.25) is 0 Å². The smallest absolute Gasteiger partial charge is 0.266 e. The average Bonchev–Trinajstić information content (AvgIpc) is 3.43. The molecule has 2 spiro atoms. The topological polar surface area (TPSA) is 36.9 Å². The highest BCUT2D eigenvalue weighted by atomic mass is 19.3. The van der Waals surface area contributed by atoms with E-state index in [4.69, 9.17) is 18.9 Å². The number of hydrogen-bond acceptors (Lipinski definition) is 4. The Bertz CT molecular complexity index is 763. The molecule has 30 heavy (non-hydrogen) atoms. The molecule has 6 heteroatoms. The molecule has 0 unspecified atom stereocenters. The van der Waals surface area contributed by atoms with Gasteiger partial charge in [-0.2, -0.15) is 8.78 Å². The Hall–Kier alpha value is -0.820. The van der Waals surface area contributed by atoms with Crippen molar-refractivity contribution in [2.45, 2.75) is 63.4 Å². The van der Waals surface area contributed by atoms with E-state index in [0.717, 1.165) is 44.9 Å². The molecule has 3 saturated carbocycles. The molecule has 0 N–H and O–H groups in total. The average molecular weight is 423 g/mol. The van der Waals surface area contributed by atoms with Crippen LogP contribution in [0.4, 0.5) is 8.78 Å². The van der Waals surface area contributed by atoms with Gasteiger partial charge in [0.1, 0.15) is 0 Å². The molecule has 2 saturated heterocycles. The predicted octanol–water partition coefficient (Wildman–Crippen LogP) is 5.05. The number of hydrogen-bond donors (Lipinski definition) is 0. The molecule has 6 atom stereocenters. The highest BCUT2D eigenvalue weighted by molar-refractivity contribution is 5.25. The summed E-state index contributed by atoms with van der Waals surface area (Å²) >= 11 is 0. The van der Waals surface area contributed by atoms with Crippen LogP contribution in [0.25, 0.3) is 0 Å². The van der Waals surface area contributed by atoms with Gasteiger partial charge in [0.05, 0.1) is 26.4 Å². The van der Waals surface area contributed by atoms with E-state index in [2.05, 4.69) is 13.0 Å². The molecule has 6 aliphatic rings. The minimum absolute atomic E-state index is 0.141. The highest BCUT2D eigenvalue weighted by Gasteiger charge is 2.67. The summed E-state index contributed by atoms with van der Waals surface area (Å²) in [6.07, 6.45) is 8.38. The lowest BCUT2D eigenvalue weighted by molar-refractivity contribution is -0.246. The molecule has 0 aromatic carbocycles. The van der Waals surface area contributed by atoms with E-state index in [0.29, 0.717) is 44.2 Å². The van der Waals surface area contributed by atoms with Crippen molar-refractivity contribution in [3.63, 3.8) is 0 Å². The molecule has 0 amide bonds. The fourth-order valence-electron chi connectivity index (χ4n) is 8.40. The molecular formula is C24H32F2O4. The van der Waals surface area contributed by atoms with E-state index in [-0.39, 0.29) is 17.3 Å². The summed E-state index contributed by atoms with van der Waals surface area (Å²) < 4.78 is 51.6. The Morgan fingerprint density at radius 2 is 1.77 bits per heavy atom. The summed E-state index contributed by atoms with van der Waals surface area (Å²) in [6, 6.07) is 0. The zero-order chi connectivity index (χ0) is 20.6. The summed E-state index contributed by atoms with van der Waals surface area (Å²) in [5, 5.41) is 0. The first kappa shape index (κ1) is 19.8. The largest absolute Gasteiger partial charge is 0.347 e. The standard InChI is InChI=1S/C24H32F2O4/c1-22-13-16(12-20(25)26)21-17-4-6-23(27-8-9-28-23)14-15(17)2-3-18(21)19(22)5-7-24(22)29-10-11-30-24/h2,12,16-19,21H,3-11,13-14H2,1H3/t16-,17-,18-,19-,21+,22-/m0/s1. The minimum Gasteiger partial charge on any atom is -0.347 e. The monoisotopic (exact) mass is 422 g/mol. The zero-order valence-electron chi connectivity index (χ0n) is 17.7. The maximum absolute atomic E-state index is 13.6. The lowest BCUT2D eigenvalue weighted by Crippen LogP contribution is -2.56. The molecule has 0 aromatic heterocycles.